The van der Waals surface area contributed by atoms with Crippen LogP contribution < -0.4 is 0 Å². The smallest absolute Gasteiger partial charge is 0.0187 e. The second kappa shape index (κ2) is 8.91. The first-order valence-corrected chi connectivity index (χ1v) is 12.3. The van der Waals surface area contributed by atoms with Crippen molar-refractivity contribution in [1.29, 1.82) is 0 Å². The van der Waals surface area contributed by atoms with Gasteiger partial charge in [0.05, 0.1) is 0 Å². The first-order valence-electron chi connectivity index (χ1n) is 9.89. The second-order valence-electron chi connectivity index (χ2n) is 9.15. The zero-order valence-corrected chi connectivity index (χ0v) is 21.3. The largest absolute Gasteiger partial charge is 0.120 e. The molecule has 0 atom stereocenters. The molecule has 0 nitrogen and oxygen atoms in total. The Bertz CT molecular complexity index is 916. The molecule has 0 saturated heterocycles. The first-order chi connectivity index (χ1) is 13.5. The molecule has 0 spiro atoms. The van der Waals surface area contributed by atoms with Gasteiger partial charge in [-0.25, -0.2) is 0 Å². The predicted octanol–water partition coefficient (Wildman–Crippen LogP) is 9.56. The van der Waals surface area contributed by atoms with E-state index in [4.69, 9.17) is 0 Å². The van der Waals surface area contributed by atoms with Crippen LogP contribution in [0, 0.1) is 0 Å². The van der Waals surface area contributed by atoms with Crippen molar-refractivity contribution in [1.82, 2.24) is 0 Å². The van der Waals surface area contributed by atoms with Crippen molar-refractivity contribution < 1.29 is 0 Å². The van der Waals surface area contributed by atoms with Crippen molar-refractivity contribution in [2.45, 2.75) is 60.8 Å². The van der Waals surface area contributed by atoms with Crippen LogP contribution in [0.25, 0.3) is 22.3 Å². The zero-order chi connectivity index (χ0) is 21.2. The Morgan fingerprint density at radius 1 is 0.586 bits per heavy atom. The fourth-order valence-corrected chi connectivity index (χ4v) is 5.85. The summed E-state index contributed by atoms with van der Waals surface area (Å²) in [7, 11) is 0. The van der Waals surface area contributed by atoms with Gasteiger partial charge in [0.15, 0.2) is 0 Å². The Morgan fingerprint density at radius 2 is 0.966 bits per heavy atom. The van der Waals surface area contributed by atoms with Gasteiger partial charge in [0.1, 0.15) is 0 Å². The van der Waals surface area contributed by atoms with Gasteiger partial charge < -0.3 is 0 Å². The summed E-state index contributed by atoms with van der Waals surface area (Å²) >= 11 is 7.61. The molecule has 0 radical (unpaired) electrons. The average molecular weight is 486 g/mol. The van der Waals surface area contributed by atoms with E-state index in [1.165, 1.54) is 32.0 Å². The minimum atomic E-state index is 0.168. The van der Waals surface area contributed by atoms with Gasteiger partial charge in [0.2, 0.25) is 0 Å². The monoisotopic (exact) mass is 484 g/mol. The summed E-state index contributed by atoms with van der Waals surface area (Å²) in [4.78, 5) is 2.64. The maximum absolute atomic E-state index is 3.77. The van der Waals surface area contributed by atoms with E-state index in [2.05, 4.69) is 124 Å². The van der Waals surface area contributed by atoms with Gasteiger partial charge in [-0.3, -0.25) is 0 Å². The molecule has 0 bridgehead atoms. The van der Waals surface area contributed by atoms with Crippen LogP contribution in [0.4, 0.5) is 0 Å². The van der Waals surface area contributed by atoms with Crippen LogP contribution in [0.5, 0.6) is 0 Å². The molecule has 3 heteroatoms. The van der Waals surface area contributed by atoms with Gasteiger partial charge in [-0.2, -0.15) is 0 Å². The Balaban J connectivity index is 2.11. The third-order valence-electron chi connectivity index (χ3n) is 4.13. The second-order valence-corrected chi connectivity index (χ2v) is 13.8. The SMILES string of the molecule is CC(C)(C)Sc1ccccc1-c1cc(Br)cc(-c2ccccc2SC(C)(C)C)c1. The lowest BCUT2D eigenvalue weighted by atomic mass is 9.99. The van der Waals surface area contributed by atoms with Crippen molar-refractivity contribution in [2.24, 2.45) is 0 Å². The molecule has 3 rings (SSSR count). The minimum Gasteiger partial charge on any atom is -0.120 e. The van der Waals surface area contributed by atoms with Crippen LogP contribution in [-0.4, -0.2) is 9.49 Å². The number of benzene rings is 3. The summed E-state index contributed by atoms with van der Waals surface area (Å²) in [5.74, 6) is 0. The van der Waals surface area contributed by atoms with Crippen molar-refractivity contribution in [3.05, 3.63) is 71.2 Å². The van der Waals surface area contributed by atoms with Gasteiger partial charge in [-0.05, 0) is 52.6 Å². The highest BCUT2D eigenvalue weighted by Gasteiger charge is 2.18. The highest BCUT2D eigenvalue weighted by Crippen LogP contribution is 2.42. The van der Waals surface area contributed by atoms with E-state index in [0.717, 1.165) is 4.47 Å². The zero-order valence-electron chi connectivity index (χ0n) is 18.0. The van der Waals surface area contributed by atoms with Gasteiger partial charge in [-0.15, -0.1) is 23.5 Å². The molecule has 0 saturated carbocycles. The van der Waals surface area contributed by atoms with Gasteiger partial charge >= 0.3 is 0 Å². The van der Waals surface area contributed by atoms with Crippen LogP contribution >= 0.6 is 39.5 Å². The first kappa shape index (κ1) is 22.5. The highest BCUT2D eigenvalue weighted by molar-refractivity contribution is 9.10. The van der Waals surface area contributed by atoms with E-state index >= 15 is 0 Å². The van der Waals surface area contributed by atoms with Crippen LogP contribution in [0.15, 0.2) is 81.0 Å². The lowest BCUT2D eigenvalue weighted by molar-refractivity contribution is 0.802. The number of hydrogen-bond donors (Lipinski definition) is 0. The fraction of sp³-hybridized carbons (Fsp3) is 0.308. The maximum atomic E-state index is 3.77. The van der Waals surface area contributed by atoms with Crippen molar-refractivity contribution in [3.63, 3.8) is 0 Å². The maximum Gasteiger partial charge on any atom is 0.0187 e. The standard InChI is InChI=1S/C26H29BrS2/c1-25(2,3)28-23-13-9-7-11-21(23)18-15-19(17-20(27)16-18)22-12-8-10-14-24(22)29-26(4,5)6/h7-17H,1-6H3. The predicted molar refractivity (Wildman–Crippen MR) is 136 cm³/mol. The highest BCUT2D eigenvalue weighted by atomic mass is 79.9. The minimum absolute atomic E-state index is 0.168. The van der Waals surface area contributed by atoms with E-state index in [-0.39, 0.29) is 9.49 Å². The molecule has 0 unspecified atom stereocenters. The lowest BCUT2D eigenvalue weighted by Crippen LogP contribution is -2.07. The molecular formula is C26H29BrS2. The Morgan fingerprint density at radius 3 is 1.34 bits per heavy atom. The molecular weight excluding hydrogens is 456 g/mol. The number of thioether (sulfide) groups is 2. The van der Waals surface area contributed by atoms with Crippen molar-refractivity contribution in [3.8, 4) is 22.3 Å². The normalized spacial score (nSPS) is 12.2. The summed E-state index contributed by atoms with van der Waals surface area (Å²) < 4.78 is 1.44. The average Bonchev–Trinajstić information content (AvgIpc) is 2.59. The molecule has 0 aliphatic carbocycles. The molecule has 0 aliphatic rings. The van der Waals surface area contributed by atoms with Crippen LogP contribution in [0.3, 0.4) is 0 Å². The van der Waals surface area contributed by atoms with E-state index in [0.29, 0.717) is 0 Å². The van der Waals surface area contributed by atoms with E-state index < -0.39 is 0 Å². The van der Waals surface area contributed by atoms with Crippen molar-refractivity contribution in [2.75, 3.05) is 0 Å². The number of hydrogen-bond acceptors (Lipinski definition) is 2. The van der Waals surface area contributed by atoms with Crippen LogP contribution in [-0.2, 0) is 0 Å². The van der Waals surface area contributed by atoms with Crippen molar-refractivity contribution >= 4 is 39.5 Å². The third-order valence-corrected chi connectivity index (χ3v) is 6.96. The summed E-state index contributed by atoms with van der Waals surface area (Å²) in [6.45, 7) is 13.6. The number of rotatable bonds is 4. The molecule has 0 aliphatic heterocycles. The van der Waals surface area contributed by atoms with E-state index in [1.807, 2.05) is 23.5 Å². The molecule has 0 amide bonds. The molecule has 29 heavy (non-hydrogen) atoms. The Hall–Kier alpha value is -1.16. The van der Waals surface area contributed by atoms with E-state index in [1.54, 1.807) is 0 Å². The van der Waals surface area contributed by atoms with Crippen LogP contribution in [0.2, 0.25) is 0 Å². The van der Waals surface area contributed by atoms with Gasteiger partial charge in [0, 0.05) is 23.8 Å². The van der Waals surface area contributed by atoms with Gasteiger partial charge in [-0.1, -0.05) is 93.9 Å². The quantitative estimate of drug-likeness (QED) is 0.338. The molecule has 0 fully saturated rings. The molecule has 0 aromatic heterocycles. The molecule has 3 aromatic rings. The Kier molecular flexibility index (Phi) is 6.92. The lowest BCUT2D eigenvalue weighted by Gasteiger charge is -2.21. The van der Waals surface area contributed by atoms with E-state index in [9.17, 15) is 0 Å². The number of halogens is 1. The molecule has 3 aromatic carbocycles. The molecule has 0 heterocycles. The van der Waals surface area contributed by atoms with Crippen LogP contribution in [0.1, 0.15) is 41.5 Å². The summed E-state index contributed by atoms with van der Waals surface area (Å²) in [6, 6.07) is 24.2. The third kappa shape index (κ3) is 6.41. The fourth-order valence-electron chi connectivity index (χ4n) is 3.15. The summed E-state index contributed by atoms with van der Waals surface area (Å²) in [6.07, 6.45) is 0. The summed E-state index contributed by atoms with van der Waals surface area (Å²) in [5.41, 5.74) is 5.07. The Labute approximate surface area is 193 Å². The molecule has 0 N–H and O–H groups in total. The summed E-state index contributed by atoms with van der Waals surface area (Å²) in [5, 5.41) is 0. The molecule has 152 valence electrons. The topological polar surface area (TPSA) is 0 Å². The van der Waals surface area contributed by atoms with Gasteiger partial charge in [0.25, 0.3) is 0 Å².